The molecule has 0 aliphatic rings. The Labute approximate surface area is 110 Å². The van der Waals surface area contributed by atoms with Crippen molar-refractivity contribution in [3.05, 3.63) is 63.6 Å². The third-order valence-corrected chi connectivity index (χ3v) is 2.98. The zero-order chi connectivity index (χ0) is 14.0. The predicted octanol–water partition coefficient (Wildman–Crippen LogP) is 0.886. The van der Waals surface area contributed by atoms with E-state index in [1.807, 2.05) is 6.07 Å². The summed E-state index contributed by atoms with van der Waals surface area (Å²) in [6, 6.07) is 8.42. The maximum Gasteiger partial charge on any atom is 0.253 e. The molecule has 0 fully saturated rings. The van der Waals surface area contributed by atoms with Crippen LogP contribution in [0.4, 0.5) is 5.69 Å². The molecule has 1 heterocycles. The van der Waals surface area contributed by atoms with Gasteiger partial charge in [-0.15, -0.1) is 0 Å². The number of hydrogen-bond donors (Lipinski definition) is 2. The zero-order valence-corrected chi connectivity index (χ0v) is 10.6. The second-order valence-electron chi connectivity index (χ2n) is 4.40. The van der Waals surface area contributed by atoms with Gasteiger partial charge in [0.05, 0.1) is 6.54 Å². The Morgan fingerprint density at radius 3 is 2.68 bits per heavy atom. The van der Waals surface area contributed by atoms with Crippen LogP contribution in [0.25, 0.3) is 0 Å². The lowest BCUT2D eigenvalue weighted by atomic mass is 10.1. The average molecular weight is 257 g/mol. The molecule has 1 aromatic carbocycles. The van der Waals surface area contributed by atoms with Crippen molar-refractivity contribution in [1.82, 2.24) is 4.57 Å². The standard InChI is InChI=1S/C14H15N3O2/c1-9-3-2-6-17(14(9)19)8-11-5-4-10(13(16)18)7-12(11)15/h2-7H,8,15H2,1H3,(H2,16,18). The number of nitrogen functional groups attached to an aromatic ring is 1. The lowest BCUT2D eigenvalue weighted by molar-refractivity contribution is 0.100. The van der Waals surface area contributed by atoms with Crippen LogP contribution in [0, 0.1) is 6.92 Å². The first-order valence-corrected chi connectivity index (χ1v) is 5.83. The van der Waals surface area contributed by atoms with Gasteiger partial charge in [-0.3, -0.25) is 9.59 Å². The highest BCUT2D eigenvalue weighted by atomic mass is 16.1. The van der Waals surface area contributed by atoms with E-state index < -0.39 is 5.91 Å². The Morgan fingerprint density at radius 1 is 1.32 bits per heavy atom. The van der Waals surface area contributed by atoms with Crippen LogP contribution < -0.4 is 17.0 Å². The molecule has 2 rings (SSSR count). The summed E-state index contributed by atoms with van der Waals surface area (Å²) in [4.78, 5) is 22.9. The predicted molar refractivity (Wildman–Crippen MR) is 73.9 cm³/mol. The van der Waals surface area contributed by atoms with Crippen molar-refractivity contribution < 1.29 is 4.79 Å². The van der Waals surface area contributed by atoms with Crippen LogP contribution >= 0.6 is 0 Å². The van der Waals surface area contributed by atoms with Gasteiger partial charge in [0.25, 0.3) is 5.56 Å². The number of benzene rings is 1. The highest BCUT2D eigenvalue weighted by molar-refractivity contribution is 5.93. The van der Waals surface area contributed by atoms with E-state index in [9.17, 15) is 9.59 Å². The van der Waals surface area contributed by atoms with Gasteiger partial charge < -0.3 is 16.0 Å². The van der Waals surface area contributed by atoms with Gasteiger partial charge in [-0.2, -0.15) is 0 Å². The molecule has 0 atom stereocenters. The van der Waals surface area contributed by atoms with Crippen molar-refractivity contribution in [3.8, 4) is 0 Å². The van der Waals surface area contributed by atoms with Gasteiger partial charge in [-0.05, 0) is 30.7 Å². The normalized spacial score (nSPS) is 10.4. The average Bonchev–Trinajstić information content (AvgIpc) is 2.37. The molecule has 0 spiro atoms. The number of carbonyl (C=O) groups excluding carboxylic acids is 1. The van der Waals surface area contributed by atoms with Crippen molar-refractivity contribution in [2.24, 2.45) is 5.73 Å². The first-order valence-electron chi connectivity index (χ1n) is 5.83. The molecule has 0 aliphatic heterocycles. The Morgan fingerprint density at radius 2 is 2.05 bits per heavy atom. The van der Waals surface area contributed by atoms with E-state index in [-0.39, 0.29) is 5.56 Å². The van der Waals surface area contributed by atoms with Crippen LogP contribution in [0.5, 0.6) is 0 Å². The summed E-state index contributed by atoms with van der Waals surface area (Å²) in [5.41, 5.74) is 13.3. The largest absolute Gasteiger partial charge is 0.398 e. The van der Waals surface area contributed by atoms with Gasteiger partial charge in [0.15, 0.2) is 0 Å². The summed E-state index contributed by atoms with van der Waals surface area (Å²) in [5, 5.41) is 0. The molecule has 98 valence electrons. The highest BCUT2D eigenvalue weighted by Gasteiger charge is 2.06. The number of aromatic nitrogens is 1. The number of hydrogen-bond acceptors (Lipinski definition) is 3. The van der Waals surface area contributed by atoms with Gasteiger partial charge in [0.2, 0.25) is 5.91 Å². The minimum absolute atomic E-state index is 0.0547. The lowest BCUT2D eigenvalue weighted by Crippen LogP contribution is -2.22. The zero-order valence-electron chi connectivity index (χ0n) is 10.6. The third kappa shape index (κ3) is 2.65. The van der Waals surface area contributed by atoms with E-state index in [0.29, 0.717) is 23.4 Å². The topological polar surface area (TPSA) is 91.1 Å². The van der Waals surface area contributed by atoms with Gasteiger partial charge in [0.1, 0.15) is 0 Å². The summed E-state index contributed by atoms with van der Waals surface area (Å²) in [5.74, 6) is -0.522. The smallest absolute Gasteiger partial charge is 0.253 e. The van der Waals surface area contributed by atoms with Crippen molar-refractivity contribution in [2.45, 2.75) is 13.5 Å². The molecule has 19 heavy (non-hydrogen) atoms. The second kappa shape index (κ2) is 4.97. The fourth-order valence-corrected chi connectivity index (χ4v) is 1.86. The van der Waals surface area contributed by atoms with Crippen LogP contribution in [-0.2, 0) is 6.54 Å². The Bertz CT molecular complexity index is 689. The molecule has 5 nitrogen and oxygen atoms in total. The number of amides is 1. The molecule has 0 radical (unpaired) electrons. The molecule has 0 bridgehead atoms. The fourth-order valence-electron chi connectivity index (χ4n) is 1.86. The van der Waals surface area contributed by atoms with Crippen LogP contribution in [-0.4, -0.2) is 10.5 Å². The number of aryl methyl sites for hydroxylation is 1. The summed E-state index contributed by atoms with van der Waals surface area (Å²) >= 11 is 0. The van der Waals surface area contributed by atoms with Crippen molar-refractivity contribution in [3.63, 3.8) is 0 Å². The second-order valence-corrected chi connectivity index (χ2v) is 4.40. The van der Waals surface area contributed by atoms with Crippen LogP contribution in [0.3, 0.4) is 0 Å². The minimum Gasteiger partial charge on any atom is -0.398 e. The van der Waals surface area contributed by atoms with Gasteiger partial charge >= 0.3 is 0 Å². The van der Waals surface area contributed by atoms with Crippen LogP contribution in [0.15, 0.2) is 41.3 Å². The number of carbonyl (C=O) groups is 1. The Hall–Kier alpha value is -2.56. The van der Waals surface area contributed by atoms with Gasteiger partial charge in [0, 0.05) is 23.0 Å². The maximum absolute atomic E-state index is 11.9. The summed E-state index contributed by atoms with van der Waals surface area (Å²) < 4.78 is 1.57. The van der Waals surface area contributed by atoms with E-state index in [2.05, 4.69) is 0 Å². The number of primary amides is 1. The van der Waals surface area contributed by atoms with Gasteiger partial charge in [-0.1, -0.05) is 12.1 Å². The van der Waals surface area contributed by atoms with Crippen molar-refractivity contribution in [2.75, 3.05) is 5.73 Å². The number of anilines is 1. The van der Waals surface area contributed by atoms with E-state index >= 15 is 0 Å². The third-order valence-electron chi connectivity index (χ3n) is 2.98. The number of pyridine rings is 1. The van der Waals surface area contributed by atoms with Crippen LogP contribution in [0.1, 0.15) is 21.5 Å². The van der Waals surface area contributed by atoms with E-state index in [4.69, 9.17) is 11.5 Å². The molecule has 0 saturated heterocycles. The molecule has 5 heteroatoms. The SMILES string of the molecule is Cc1cccn(Cc2ccc(C(N)=O)cc2N)c1=O. The Kier molecular flexibility index (Phi) is 3.37. The number of nitrogens with two attached hydrogens (primary N) is 2. The van der Waals surface area contributed by atoms with Crippen LogP contribution in [0.2, 0.25) is 0 Å². The van der Waals surface area contributed by atoms with Crippen molar-refractivity contribution >= 4 is 11.6 Å². The monoisotopic (exact) mass is 257 g/mol. The minimum atomic E-state index is -0.522. The molecule has 2 aromatic rings. The summed E-state index contributed by atoms with van der Waals surface area (Å²) in [6.07, 6.45) is 1.71. The number of rotatable bonds is 3. The van der Waals surface area contributed by atoms with E-state index in [1.54, 1.807) is 35.9 Å². The molecule has 0 saturated carbocycles. The number of nitrogens with zero attached hydrogens (tertiary/aromatic N) is 1. The molecule has 4 N–H and O–H groups in total. The molecule has 0 unspecified atom stereocenters. The summed E-state index contributed by atoms with van der Waals surface area (Å²) in [7, 11) is 0. The molecule has 1 aromatic heterocycles. The quantitative estimate of drug-likeness (QED) is 0.800. The summed E-state index contributed by atoms with van der Waals surface area (Å²) in [6.45, 7) is 2.13. The Balaban J connectivity index is 2.36. The van der Waals surface area contributed by atoms with E-state index in [0.717, 1.165) is 5.56 Å². The molecular weight excluding hydrogens is 242 g/mol. The fraction of sp³-hybridized carbons (Fsp3) is 0.143. The van der Waals surface area contributed by atoms with E-state index in [1.165, 1.54) is 6.07 Å². The first-order chi connectivity index (χ1) is 8.99. The molecule has 0 aliphatic carbocycles. The van der Waals surface area contributed by atoms with Crippen molar-refractivity contribution in [1.29, 1.82) is 0 Å². The maximum atomic E-state index is 11.9. The molecular formula is C14H15N3O2. The van der Waals surface area contributed by atoms with Gasteiger partial charge in [-0.25, -0.2) is 0 Å². The molecule has 1 amide bonds. The first kappa shape index (κ1) is 12.9. The highest BCUT2D eigenvalue weighted by Crippen LogP contribution is 2.15. The lowest BCUT2D eigenvalue weighted by Gasteiger charge is -2.10.